The van der Waals surface area contributed by atoms with Gasteiger partial charge in [-0.2, -0.15) is 0 Å². The topological polar surface area (TPSA) is 71.5 Å². The molecule has 0 fully saturated rings. The maximum Gasteiger partial charge on any atom is 0.410 e. The third-order valence-corrected chi connectivity index (χ3v) is 5.72. The summed E-state index contributed by atoms with van der Waals surface area (Å²) in [5.74, 6) is -0.138. The first-order chi connectivity index (χ1) is 13.4. The van der Waals surface area contributed by atoms with Gasteiger partial charge in [0, 0.05) is 23.0 Å². The van der Waals surface area contributed by atoms with Crippen molar-refractivity contribution in [1.29, 1.82) is 0 Å². The van der Waals surface area contributed by atoms with Crippen LogP contribution < -0.4 is 5.32 Å². The fraction of sp³-hybridized carbons (Fsp3) is 0.500. The summed E-state index contributed by atoms with van der Waals surface area (Å²) in [5.41, 5.74) is 2.89. The van der Waals surface area contributed by atoms with Crippen LogP contribution in [0.3, 0.4) is 0 Å². The first-order valence-corrected chi connectivity index (χ1v) is 10.7. The molecule has 0 unspecified atom stereocenters. The maximum absolute atomic E-state index is 12.9. The van der Waals surface area contributed by atoms with Crippen molar-refractivity contribution in [2.24, 2.45) is 0 Å². The van der Waals surface area contributed by atoms with Gasteiger partial charge in [0.2, 0.25) is 0 Å². The van der Waals surface area contributed by atoms with Crippen LogP contribution in [0.5, 0.6) is 0 Å². The highest BCUT2D eigenvalue weighted by molar-refractivity contribution is 7.10. The van der Waals surface area contributed by atoms with Crippen LogP contribution in [0.15, 0.2) is 23.8 Å². The van der Waals surface area contributed by atoms with Gasteiger partial charge in [-0.25, -0.2) is 4.79 Å². The van der Waals surface area contributed by atoms with E-state index in [0.29, 0.717) is 30.8 Å². The molecule has 0 aliphatic carbocycles. The molecule has 2 aromatic rings. The molecular formula is C22H29N3O3S. The SMILES string of the molecule is CC(C)(C)OC(=O)N1CCc2c(C(=O)Nc3cncc(C(C)(C)C)c3)csc2C1. The van der Waals surface area contributed by atoms with Crippen molar-refractivity contribution in [2.45, 2.75) is 65.5 Å². The molecule has 2 aromatic heterocycles. The molecule has 1 aliphatic heterocycles. The first kappa shape index (κ1) is 21.3. The smallest absolute Gasteiger partial charge is 0.410 e. The molecule has 1 aliphatic rings. The third kappa shape index (κ3) is 5.15. The van der Waals surface area contributed by atoms with Gasteiger partial charge in [-0.1, -0.05) is 20.8 Å². The van der Waals surface area contributed by atoms with Crippen LogP contribution in [0.2, 0.25) is 0 Å². The summed E-state index contributed by atoms with van der Waals surface area (Å²) in [4.78, 5) is 32.2. The van der Waals surface area contributed by atoms with Crippen molar-refractivity contribution in [1.82, 2.24) is 9.88 Å². The number of aromatic nitrogens is 1. The van der Waals surface area contributed by atoms with Gasteiger partial charge in [0.05, 0.1) is 24.0 Å². The largest absolute Gasteiger partial charge is 0.444 e. The summed E-state index contributed by atoms with van der Waals surface area (Å²) in [5, 5.41) is 4.85. The van der Waals surface area contributed by atoms with Gasteiger partial charge in [0.1, 0.15) is 5.60 Å². The summed E-state index contributed by atoms with van der Waals surface area (Å²) < 4.78 is 5.47. The number of amides is 2. The zero-order valence-corrected chi connectivity index (χ0v) is 18.8. The van der Waals surface area contributed by atoms with Gasteiger partial charge in [-0.05, 0) is 49.8 Å². The van der Waals surface area contributed by atoms with Crippen molar-refractivity contribution in [3.05, 3.63) is 45.4 Å². The molecule has 6 nitrogen and oxygen atoms in total. The Morgan fingerprint density at radius 3 is 2.55 bits per heavy atom. The molecule has 3 rings (SSSR count). The second-order valence-corrected chi connectivity index (χ2v) is 10.3. The Bertz CT molecular complexity index is 922. The number of fused-ring (bicyclic) bond motifs is 1. The number of anilines is 1. The van der Waals surface area contributed by atoms with E-state index in [2.05, 4.69) is 31.1 Å². The Balaban J connectivity index is 1.72. The highest BCUT2D eigenvalue weighted by Crippen LogP contribution is 2.30. The van der Waals surface area contributed by atoms with Crippen molar-refractivity contribution in [3.8, 4) is 0 Å². The molecule has 0 aromatic carbocycles. The van der Waals surface area contributed by atoms with E-state index in [1.807, 2.05) is 38.4 Å². The minimum Gasteiger partial charge on any atom is -0.444 e. The van der Waals surface area contributed by atoms with Crippen LogP contribution in [0.25, 0.3) is 0 Å². The van der Waals surface area contributed by atoms with E-state index in [0.717, 1.165) is 16.0 Å². The lowest BCUT2D eigenvalue weighted by Gasteiger charge is -2.30. The van der Waals surface area contributed by atoms with Crippen LogP contribution in [0.1, 0.15) is 67.9 Å². The fourth-order valence-corrected chi connectivity index (χ4v) is 4.21. The zero-order valence-electron chi connectivity index (χ0n) is 18.0. The maximum atomic E-state index is 12.9. The zero-order chi connectivity index (χ0) is 21.4. The summed E-state index contributed by atoms with van der Waals surface area (Å²) in [6.07, 6.45) is 3.82. The van der Waals surface area contributed by atoms with Crippen molar-refractivity contribution in [3.63, 3.8) is 0 Å². The molecule has 0 saturated heterocycles. The molecule has 0 saturated carbocycles. The number of rotatable bonds is 2. The molecule has 2 amide bonds. The van der Waals surface area contributed by atoms with Crippen LogP contribution in [-0.2, 0) is 23.1 Å². The summed E-state index contributed by atoms with van der Waals surface area (Å²) >= 11 is 1.51. The molecule has 1 N–H and O–H groups in total. The average Bonchev–Trinajstić information content (AvgIpc) is 3.03. The quantitative estimate of drug-likeness (QED) is 0.750. The van der Waals surface area contributed by atoms with Gasteiger partial charge in [0.25, 0.3) is 5.91 Å². The molecule has 29 heavy (non-hydrogen) atoms. The van der Waals surface area contributed by atoms with Crippen molar-refractivity contribution < 1.29 is 14.3 Å². The Kier molecular flexibility index (Phi) is 5.72. The van der Waals surface area contributed by atoms with Gasteiger partial charge < -0.3 is 15.0 Å². The highest BCUT2D eigenvalue weighted by Gasteiger charge is 2.29. The predicted octanol–water partition coefficient (Wildman–Crippen LogP) is 4.99. The Morgan fingerprint density at radius 1 is 1.17 bits per heavy atom. The molecule has 0 radical (unpaired) electrons. The van der Waals surface area contributed by atoms with E-state index >= 15 is 0 Å². The summed E-state index contributed by atoms with van der Waals surface area (Å²) in [6, 6.07) is 1.97. The summed E-state index contributed by atoms with van der Waals surface area (Å²) in [6.45, 7) is 12.9. The Labute approximate surface area is 176 Å². The molecule has 156 valence electrons. The minimum atomic E-state index is -0.520. The van der Waals surface area contributed by atoms with Gasteiger partial charge in [0.15, 0.2) is 0 Å². The molecule has 7 heteroatoms. The molecule has 0 spiro atoms. The number of nitrogens with zero attached hydrogens (tertiary/aromatic N) is 2. The van der Waals surface area contributed by atoms with Crippen molar-refractivity contribution in [2.75, 3.05) is 11.9 Å². The van der Waals surface area contributed by atoms with E-state index in [9.17, 15) is 9.59 Å². The number of nitrogens with one attached hydrogen (secondary N) is 1. The molecule has 3 heterocycles. The van der Waals surface area contributed by atoms with Gasteiger partial charge >= 0.3 is 6.09 Å². The van der Waals surface area contributed by atoms with E-state index in [-0.39, 0.29) is 17.4 Å². The standard InChI is InChI=1S/C22H29N3O3S/c1-21(2,3)14-9-15(11-23-10-14)24-19(26)17-13-29-18-12-25(8-7-16(17)18)20(27)28-22(4,5)6/h9-11,13H,7-8,12H2,1-6H3,(H,24,26). The van der Waals surface area contributed by atoms with E-state index < -0.39 is 5.60 Å². The summed E-state index contributed by atoms with van der Waals surface area (Å²) in [7, 11) is 0. The van der Waals surface area contributed by atoms with Crippen LogP contribution in [0.4, 0.5) is 10.5 Å². The fourth-order valence-electron chi connectivity index (χ4n) is 3.12. The average molecular weight is 416 g/mol. The van der Waals surface area contributed by atoms with E-state index in [1.165, 1.54) is 11.3 Å². The van der Waals surface area contributed by atoms with E-state index in [1.54, 1.807) is 11.1 Å². The van der Waals surface area contributed by atoms with Gasteiger partial charge in [-0.15, -0.1) is 11.3 Å². The first-order valence-electron chi connectivity index (χ1n) is 9.78. The van der Waals surface area contributed by atoms with Crippen LogP contribution >= 0.6 is 11.3 Å². The number of carbonyl (C=O) groups is 2. The highest BCUT2D eigenvalue weighted by atomic mass is 32.1. The number of hydrogen-bond acceptors (Lipinski definition) is 5. The molecular weight excluding hydrogens is 386 g/mol. The second-order valence-electron chi connectivity index (χ2n) is 9.37. The number of carbonyl (C=O) groups excluding carboxylic acids is 2. The lowest BCUT2D eigenvalue weighted by Crippen LogP contribution is -2.39. The van der Waals surface area contributed by atoms with Crippen molar-refractivity contribution >= 4 is 29.0 Å². The minimum absolute atomic E-state index is 0.0413. The van der Waals surface area contributed by atoms with Gasteiger partial charge in [-0.3, -0.25) is 9.78 Å². The molecule has 0 bridgehead atoms. The number of hydrogen-bond donors (Lipinski definition) is 1. The van der Waals surface area contributed by atoms with E-state index in [4.69, 9.17) is 4.74 Å². The Morgan fingerprint density at radius 2 is 1.90 bits per heavy atom. The third-order valence-electron chi connectivity index (χ3n) is 4.71. The van der Waals surface area contributed by atoms with Crippen LogP contribution in [-0.4, -0.2) is 34.0 Å². The Hall–Kier alpha value is -2.41. The number of pyridine rings is 1. The van der Waals surface area contributed by atoms with Crippen LogP contribution in [0, 0.1) is 0 Å². The predicted molar refractivity (Wildman–Crippen MR) is 116 cm³/mol. The molecule has 0 atom stereocenters. The second kappa shape index (κ2) is 7.78. The number of thiophene rings is 1. The lowest BCUT2D eigenvalue weighted by atomic mass is 9.88. The monoisotopic (exact) mass is 415 g/mol. The number of ether oxygens (including phenoxy) is 1. The lowest BCUT2D eigenvalue weighted by molar-refractivity contribution is 0.0226. The normalized spacial score (nSPS) is 14.3.